The summed E-state index contributed by atoms with van der Waals surface area (Å²) >= 11 is 0. The summed E-state index contributed by atoms with van der Waals surface area (Å²) in [6, 6.07) is 6.73. The normalized spacial score (nSPS) is 13.7. The molecule has 1 N–H and O–H groups in total. The molecule has 1 aromatic carbocycles. The fraction of sp³-hybridized carbons (Fsp3) is 0.385. The maximum atomic E-state index is 12.2. The van der Waals surface area contributed by atoms with Crippen molar-refractivity contribution in [3.05, 3.63) is 36.2 Å². The molecule has 0 amide bonds. The summed E-state index contributed by atoms with van der Waals surface area (Å²) in [7, 11) is 0. The predicted octanol–water partition coefficient (Wildman–Crippen LogP) is 3.06. The van der Waals surface area contributed by atoms with E-state index in [4.69, 9.17) is 0 Å². The van der Waals surface area contributed by atoms with Crippen LogP contribution in [0.3, 0.4) is 0 Å². The van der Waals surface area contributed by atoms with Gasteiger partial charge in [-0.25, -0.2) is 4.98 Å². The van der Waals surface area contributed by atoms with Crippen LogP contribution < -0.4 is 5.32 Å². The van der Waals surface area contributed by atoms with Crippen LogP contribution in [0.15, 0.2) is 30.5 Å². The van der Waals surface area contributed by atoms with Gasteiger partial charge < -0.3 is 5.32 Å². The first-order chi connectivity index (χ1) is 8.94. The lowest BCUT2D eigenvalue weighted by Gasteiger charge is -2.15. The predicted molar refractivity (Wildman–Crippen MR) is 66.5 cm³/mol. The molecular formula is C13H14F3N3. The van der Waals surface area contributed by atoms with Crippen LogP contribution in [-0.4, -0.2) is 22.2 Å². The van der Waals surface area contributed by atoms with Gasteiger partial charge in [-0.1, -0.05) is 12.1 Å². The first-order valence-corrected chi connectivity index (χ1v) is 5.95. The second-order valence-electron chi connectivity index (χ2n) is 4.45. The molecule has 0 radical (unpaired) electrons. The SMILES string of the molecule is CC(CC(F)(F)F)NCc1cnc2ccccc2n1. The van der Waals surface area contributed by atoms with Crippen LogP contribution in [0.5, 0.6) is 0 Å². The standard InChI is InChI=1S/C13H14F3N3/c1-9(6-13(14,15)16)17-7-10-8-18-11-4-2-3-5-12(11)19-10/h2-5,8-9,17H,6-7H2,1H3. The van der Waals surface area contributed by atoms with Crippen LogP contribution in [-0.2, 0) is 6.54 Å². The van der Waals surface area contributed by atoms with E-state index < -0.39 is 18.6 Å². The van der Waals surface area contributed by atoms with Crippen molar-refractivity contribution in [1.29, 1.82) is 0 Å². The average Bonchev–Trinajstić information content (AvgIpc) is 2.34. The summed E-state index contributed by atoms with van der Waals surface area (Å²) in [6.45, 7) is 1.77. The number of aromatic nitrogens is 2. The van der Waals surface area contributed by atoms with Crippen LogP contribution in [0.4, 0.5) is 13.2 Å². The molecule has 0 fully saturated rings. The summed E-state index contributed by atoms with van der Waals surface area (Å²) in [6.07, 6.45) is -3.43. The maximum absolute atomic E-state index is 12.2. The summed E-state index contributed by atoms with van der Waals surface area (Å²) in [4.78, 5) is 8.55. The molecule has 0 bridgehead atoms. The lowest BCUT2D eigenvalue weighted by atomic mass is 10.2. The number of alkyl halides is 3. The fourth-order valence-corrected chi connectivity index (χ4v) is 1.78. The van der Waals surface area contributed by atoms with E-state index in [1.165, 1.54) is 6.92 Å². The Bertz CT molecular complexity index is 554. The second kappa shape index (κ2) is 5.52. The number of nitrogens with one attached hydrogen (secondary N) is 1. The third-order valence-corrected chi connectivity index (χ3v) is 2.67. The van der Waals surface area contributed by atoms with Gasteiger partial charge >= 0.3 is 6.18 Å². The summed E-state index contributed by atoms with van der Waals surface area (Å²) in [5.41, 5.74) is 2.15. The number of hydrogen-bond donors (Lipinski definition) is 1. The van der Waals surface area contributed by atoms with Gasteiger partial charge in [-0.15, -0.1) is 0 Å². The molecule has 1 unspecified atom stereocenters. The van der Waals surface area contributed by atoms with Crippen LogP contribution in [0, 0.1) is 0 Å². The van der Waals surface area contributed by atoms with Crippen LogP contribution in [0.2, 0.25) is 0 Å². The highest BCUT2D eigenvalue weighted by Gasteiger charge is 2.29. The van der Waals surface area contributed by atoms with Gasteiger partial charge in [-0.05, 0) is 19.1 Å². The third-order valence-electron chi connectivity index (χ3n) is 2.67. The monoisotopic (exact) mass is 269 g/mol. The minimum atomic E-state index is -4.15. The van der Waals surface area contributed by atoms with Crippen molar-refractivity contribution in [3.8, 4) is 0 Å². The van der Waals surface area contributed by atoms with E-state index in [0.717, 1.165) is 11.0 Å². The molecule has 2 rings (SSSR count). The number of rotatable bonds is 4. The molecule has 0 aliphatic heterocycles. The van der Waals surface area contributed by atoms with Crippen molar-refractivity contribution < 1.29 is 13.2 Å². The van der Waals surface area contributed by atoms with Gasteiger partial charge in [0, 0.05) is 12.6 Å². The van der Waals surface area contributed by atoms with Crippen molar-refractivity contribution in [1.82, 2.24) is 15.3 Å². The highest BCUT2D eigenvalue weighted by Crippen LogP contribution is 2.21. The Labute approximate surface area is 108 Å². The Kier molecular flexibility index (Phi) is 3.99. The van der Waals surface area contributed by atoms with Crippen molar-refractivity contribution in [2.24, 2.45) is 0 Å². The summed E-state index contributed by atoms with van der Waals surface area (Å²) < 4.78 is 36.5. The number of nitrogens with zero attached hydrogens (tertiary/aromatic N) is 2. The van der Waals surface area contributed by atoms with Gasteiger partial charge in [0.1, 0.15) is 0 Å². The number of hydrogen-bond acceptors (Lipinski definition) is 3. The van der Waals surface area contributed by atoms with E-state index in [2.05, 4.69) is 15.3 Å². The van der Waals surface area contributed by atoms with E-state index in [-0.39, 0.29) is 6.54 Å². The Hall–Kier alpha value is -1.69. The van der Waals surface area contributed by atoms with Gasteiger partial charge in [0.2, 0.25) is 0 Å². The Morgan fingerprint density at radius 1 is 1.21 bits per heavy atom. The quantitative estimate of drug-likeness (QED) is 0.927. The van der Waals surface area contributed by atoms with Crippen molar-refractivity contribution in [2.75, 3.05) is 0 Å². The lowest BCUT2D eigenvalue weighted by Crippen LogP contribution is -2.31. The maximum Gasteiger partial charge on any atom is 0.390 e. The molecule has 1 heterocycles. The molecule has 102 valence electrons. The highest BCUT2D eigenvalue weighted by molar-refractivity contribution is 5.73. The zero-order chi connectivity index (χ0) is 13.9. The third kappa shape index (κ3) is 4.17. The molecule has 0 spiro atoms. The molecule has 0 aliphatic carbocycles. The largest absolute Gasteiger partial charge is 0.390 e. The Morgan fingerprint density at radius 3 is 2.58 bits per heavy atom. The topological polar surface area (TPSA) is 37.8 Å². The number of halogens is 3. The molecule has 0 aliphatic rings. The zero-order valence-electron chi connectivity index (χ0n) is 10.4. The second-order valence-corrected chi connectivity index (χ2v) is 4.45. The van der Waals surface area contributed by atoms with Gasteiger partial charge in [0.25, 0.3) is 0 Å². The van der Waals surface area contributed by atoms with Crippen LogP contribution >= 0.6 is 0 Å². The first-order valence-electron chi connectivity index (χ1n) is 5.95. The molecule has 0 saturated heterocycles. The fourth-order valence-electron chi connectivity index (χ4n) is 1.78. The zero-order valence-corrected chi connectivity index (χ0v) is 10.4. The smallest absolute Gasteiger partial charge is 0.308 e. The van der Waals surface area contributed by atoms with Gasteiger partial charge in [0.05, 0.1) is 29.3 Å². The molecule has 6 heteroatoms. The molecule has 1 atom stereocenters. The van der Waals surface area contributed by atoms with Crippen molar-refractivity contribution >= 4 is 11.0 Å². The van der Waals surface area contributed by atoms with Gasteiger partial charge in [-0.3, -0.25) is 4.98 Å². The van der Waals surface area contributed by atoms with Gasteiger partial charge in [0.15, 0.2) is 0 Å². The molecule has 3 nitrogen and oxygen atoms in total. The highest BCUT2D eigenvalue weighted by atomic mass is 19.4. The minimum Gasteiger partial charge on any atom is -0.308 e. The number of fused-ring (bicyclic) bond motifs is 1. The van der Waals surface area contributed by atoms with E-state index in [1.807, 2.05) is 24.3 Å². The summed E-state index contributed by atoms with van der Waals surface area (Å²) in [5.74, 6) is 0. The first kappa shape index (κ1) is 13.7. The minimum absolute atomic E-state index is 0.273. The molecule has 0 saturated carbocycles. The van der Waals surface area contributed by atoms with E-state index in [9.17, 15) is 13.2 Å². The molecule has 2 aromatic rings. The molecular weight excluding hydrogens is 255 g/mol. The van der Waals surface area contributed by atoms with Crippen LogP contribution in [0.1, 0.15) is 19.0 Å². The molecule has 1 aromatic heterocycles. The Balaban J connectivity index is 1.98. The number of benzene rings is 1. The lowest BCUT2D eigenvalue weighted by molar-refractivity contribution is -0.139. The summed E-state index contributed by atoms with van der Waals surface area (Å²) in [5, 5.41) is 2.80. The molecule has 19 heavy (non-hydrogen) atoms. The Morgan fingerprint density at radius 2 is 1.89 bits per heavy atom. The van der Waals surface area contributed by atoms with Crippen molar-refractivity contribution in [2.45, 2.75) is 32.1 Å². The van der Waals surface area contributed by atoms with E-state index >= 15 is 0 Å². The average molecular weight is 269 g/mol. The van der Waals surface area contributed by atoms with E-state index in [1.54, 1.807) is 6.20 Å². The number of para-hydroxylation sites is 2. The van der Waals surface area contributed by atoms with E-state index in [0.29, 0.717) is 5.69 Å². The van der Waals surface area contributed by atoms with Gasteiger partial charge in [-0.2, -0.15) is 13.2 Å². The van der Waals surface area contributed by atoms with Crippen molar-refractivity contribution in [3.63, 3.8) is 0 Å². The van der Waals surface area contributed by atoms with Crippen LogP contribution in [0.25, 0.3) is 11.0 Å².